The van der Waals surface area contributed by atoms with E-state index in [1.54, 1.807) is 13.8 Å². The minimum absolute atomic E-state index is 0.0803. The van der Waals surface area contributed by atoms with E-state index >= 15 is 0 Å². The summed E-state index contributed by atoms with van der Waals surface area (Å²) in [5, 5.41) is 14.2. The zero-order chi connectivity index (χ0) is 21.6. The molecular weight excluding hydrogens is 394 g/mol. The molecule has 1 saturated carbocycles. The molecule has 1 fully saturated rings. The molecule has 1 aromatic heterocycles. The molecule has 1 spiro atoms. The average molecular weight is 412 g/mol. The quantitative estimate of drug-likeness (QED) is 0.802. The first-order chi connectivity index (χ1) is 14.3. The van der Waals surface area contributed by atoms with Crippen molar-refractivity contribution in [2.45, 2.75) is 38.3 Å². The summed E-state index contributed by atoms with van der Waals surface area (Å²) in [6.45, 7) is 3.06. The maximum atomic E-state index is 14.5. The van der Waals surface area contributed by atoms with Gasteiger partial charge in [-0.25, -0.2) is 18.6 Å². The number of rotatable bonds is 4. The summed E-state index contributed by atoms with van der Waals surface area (Å²) >= 11 is 0. The van der Waals surface area contributed by atoms with Gasteiger partial charge in [0.05, 0.1) is 34.9 Å². The van der Waals surface area contributed by atoms with Gasteiger partial charge < -0.3 is 15.5 Å². The number of nitrogens with zero attached hydrogens (tertiary/aromatic N) is 4. The lowest BCUT2D eigenvalue weighted by Crippen LogP contribution is -2.52. The molecule has 1 atom stereocenters. The van der Waals surface area contributed by atoms with E-state index in [0.29, 0.717) is 24.2 Å². The first-order valence-electron chi connectivity index (χ1n) is 9.37. The van der Waals surface area contributed by atoms with E-state index in [0.717, 1.165) is 6.07 Å². The molecule has 0 unspecified atom stereocenters. The second kappa shape index (κ2) is 7.02. The van der Waals surface area contributed by atoms with Crippen LogP contribution in [-0.4, -0.2) is 33.4 Å². The molecule has 2 heterocycles. The number of amides is 3. The van der Waals surface area contributed by atoms with Gasteiger partial charge in [0.25, 0.3) is 0 Å². The molecule has 30 heavy (non-hydrogen) atoms. The van der Waals surface area contributed by atoms with Gasteiger partial charge in [-0.15, -0.1) is 0 Å². The third-order valence-corrected chi connectivity index (χ3v) is 5.48. The Kier molecular flexibility index (Phi) is 4.61. The molecule has 0 saturated heterocycles. The molecule has 0 bridgehead atoms. The Morgan fingerprint density at radius 1 is 1.43 bits per heavy atom. The number of halogens is 2. The van der Waals surface area contributed by atoms with Crippen molar-refractivity contribution in [2.24, 2.45) is 0 Å². The highest BCUT2D eigenvalue weighted by Gasteiger charge is 2.57. The van der Waals surface area contributed by atoms with Crippen LogP contribution in [0.25, 0.3) is 0 Å². The Morgan fingerprint density at radius 2 is 2.17 bits per heavy atom. The van der Waals surface area contributed by atoms with Crippen LogP contribution in [0.5, 0.6) is 0 Å². The molecule has 0 radical (unpaired) electrons. The van der Waals surface area contributed by atoms with E-state index in [4.69, 9.17) is 5.26 Å². The van der Waals surface area contributed by atoms with Crippen LogP contribution in [0.3, 0.4) is 0 Å². The largest absolute Gasteiger partial charge is 0.346 e. The third kappa shape index (κ3) is 3.12. The van der Waals surface area contributed by atoms with Crippen LogP contribution in [0.4, 0.5) is 19.3 Å². The van der Waals surface area contributed by atoms with Gasteiger partial charge in [0.2, 0.25) is 5.91 Å². The number of hydrogen-bond donors (Lipinski definition) is 2. The van der Waals surface area contributed by atoms with Crippen molar-refractivity contribution >= 4 is 17.6 Å². The molecule has 2 aliphatic rings. The van der Waals surface area contributed by atoms with Gasteiger partial charge >= 0.3 is 6.03 Å². The number of nitriles is 1. The maximum absolute atomic E-state index is 14.5. The monoisotopic (exact) mass is 412 g/mol. The molecule has 1 aromatic carbocycles. The highest BCUT2D eigenvalue weighted by Crippen LogP contribution is 2.56. The van der Waals surface area contributed by atoms with E-state index in [-0.39, 0.29) is 23.5 Å². The van der Waals surface area contributed by atoms with Gasteiger partial charge in [-0.05, 0) is 38.8 Å². The molecule has 1 aliphatic carbocycles. The highest BCUT2D eigenvalue weighted by atomic mass is 19.2. The first kappa shape index (κ1) is 19.7. The number of nitrogens with one attached hydrogen (secondary N) is 2. The summed E-state index contributed by atoms with van der Waals surface area (Å²) in [6.07, 6.45) is 2.20. The summed E-state index contributed by atoms with van der Waals surface area (Å²) in [6, 6.07) is 3.13. The molecule has 154 valence electrons. The minimum atomic E-state index is -1.02. The molecular formula is C20H18F2N6O2. The number of urea groups is 1. The summed E-state index contributed by atoms with van der Waals surface area (Å²) in [5.74, 6) is -2.48. The van der Waals surface area contributed by atoms with Crippen molar-refractivity contribution in [3.63, 3.8) is 0 Å². The van der Waals surface area contributed by atoms with E-state index < -0.39 is 35.2 Å². The van der Waals surface area contributed by atoms with Crippen molar-refractivity contribution in [1.82, 2.24) is 20.2 Å². The van der Waals surface area contributed by atoms with Crippen molar-refractivity contribution in [3.8, 4) is 6.07 Å². The molecule has 1 aliphatic heterocycles. The van der Waals surface area contributed by atoms with Crippen molar-refractivity contribution in [1.29, 1.82) is 5.26 Å². The third-order valence-electron chi connectivity index (χ3n) is 5.48. The zero-order valence-corrected chi connectivity index (χ0v) is 16.3. The Balaban J connectivity index is 1.53. The number of benzene rings is 1. The lowest BCUT2D eigenvalue weighted by Gasteiger charge is -2.38. The van der Waals surface area contributed by atoms with Crippen LogP contribution < -0.4 is 10.6 Å². The van der Waals surface area contributed by atoms with Gasteiger partial charge in [0, 0.05) is 5.56 Å². The second-order valence-corrected chi connectivity index (χ2v) is 7.46. The maximum Gasteiger partial charge on any atom is 0.323 e. The van der Waals surface area contributed by atoms with Gasteiger partial charge in [-0.1, -0.05) is 0 Å². The van der Waals surface area contributed by atoms with Crippen molar-refractivity contribution in [2.75, 3.05) is 11.9 Å². The van der Waals surface area contributed by atoms with Crippen LogP contribution >= 0.6 is 0 Å². The Bertz CT molecular complexity index is 1110. The number of hydrogen-bond acceptors (Lipinski definition) is 5. The number of carbonyl (C=O) groups excluding carboxylic acids is 2. The lowest BCUT2D eigenvalue weighted by atomic mass is 9.97. The zero-order valence-electron chi connectivity index (χ0n) is 16.3. The summed E-state index contributed by atoms with van der Waals surface area (Å²) < 4.78 is 28.3. The Labute approximate surface area is 170 Å². The Morgan fingerprint density at radius 3 is 2.80 bits per heavy atom. The number of carbonyl (C=O) groups is 2. The number of aryl methyl sites for hydroxylation is 1. The highest BCUT2D eigenvalue weighted by molar-refractivity contribution is 5.97. The number of anilines is 1. The molecule has 4 rings (SSSR count). The average Bonchev–Trinajstić information content (AvgIpc) is 3.48. The van der Waals surface area contributed by atoms with Gasteiger partial charge in [-0.2, -0.15) is 5.26 Å². The van der Waals surface area contributed by atoms with Gasteiger partial charge in [0.1, 0.15) is 12.6 Å². The molecule has 2 aromatic rings. The van der Waals surface area contributed by atoms with Crippen LogP contribution in [0.1, 0.15) is 48.5 Å². The van der Waals surface area contributed by atoms with E-state index in [2.05, 4.69) is 20.6 Å². The van der Waals surface area contributed by atoms with E-state index in [1.165, 1.54) is 17.2 Å². The molecule has 2 N–H and O–H groups in total. The van der Waals surface area contributed by atoms with Crippen LogP contribution in [0.2, 0.25) is 0 Å². The SMILES string of the molecule is Cc1nc(C#N)cnc1[C@@H](C)NC(=O)CN1C(=O)Nc2ccc(F)c(F)c2C12CC2. The Hall–Kier alpha value is -3.61. The summed E-state index contributed by atoms with van der Waals surface area (Å²) in [5.41, 5.74) is 0.451. The summed E-state index contributed by atoms with van der Waals surface area (Å²) in [4.78, 5) is 34.8. The van der Waals surface area contributed by atoms with Crippen LogP contribution in [0.15, 0.2) is 18.3 Å². The molecule has 10 heteroatoms. The van der Waals surface area contributed by atoms with Crippen LogP contribution in [-0.2, 0) is 10.3 Å². The number of aromatic nitrogens is 2. The second-order valence-electron chi connectivity index (χ2n) is 7.46. The van der Waals surface area contributed by atoms with E-state index in [9.17, 15) is 18.4 Å². The standard InChI is InChI=1S/C20H18F2N6O2/c1-10-18(24-8-12(7-23)25-10)11(2)26-15(29)9-28-19(30)27-14-4-3-13(21)17(22)16(14)20(28)5-6-20/h3-4,8,11H,5-6,9H2,1-2H3,(H,26,29)(H,27,30)/t11-/m1/s1. The minimum Gasteiger partial charge on any atom is -0.346 e. The van der Waals surface area contributed by atoms with Gasteiger partial charge in [-0.3, -0.25) is 9.78 Å². The van der Waals surface area contributed by atoms with E-state index in [1.807, 2.05) is 6.07 Å². The predicted molar refractivity (Wildman–Crippen MR) is 101 cm³/mol. The normalized spacial score (nSPS) is 17.0. The topological polar surface area (TPSA) is 111 Å². The summed E-state index contributed by atoms with van der Waals surface area (Å²) in [7, 11) is 0. The molecule has 8 nitrogen and oxygen atoms in total. The van der Waals surface area contributed by atoms with Crippen molar-refractivity contribution < 1.29 is 18.4 Å². The predicted octanol–water partition coefficient (Wildman–Crippen LogP) is 2.65. The van der Waals surface area contributed by atoms with Crippen LogP contribution in [0, 0.1) is 29.9 Å². The number of fused-ring (bicyclic) bond motifs is 2. The smallest absolute Gasteiger partial charge is 0.323 e. The fraction of sp³-hybridized carbons (Fsp3) is 0.350. The fourth-order valence-corrected chi connectivity index (χ4v) is 3.95. The first-order valence-corrected chi connectivity index (χ1v) is 9.37. The van der Waals surface area contributed by atoms with Gasteiger partial charge in [0.15, 0.2) is 17.3 Å². The fourth-order valence-electron chi connectivity index (χ4n) is 3.95. The molecule has 3 amide bonds. The van der Waals surface area contributed by atoms with Crippen molar-refractivity contribution in [3.05, 3.63) is 52.6 Å². The lowest BCUT2D eigenvalue weighted by molar-refractivity contribution is -0.123.